The number of nitriles is 1. The zero-order chi connectivity index (χ0) is 16.9. The van der Waals surface area contributed by atoms with Crippen LogP contribution in [0.15, 0.2) is 29.2 Å². The minimum absolute atomic E-state index is 0.0781. The molecule has 1 aromatic carbocycles. The molecule has 1 aliphatic heterocycles. The Kier molecular flexibility index (Phi) is 5.69. The van der Waals surface area contributed by atoms with Crippen molar-refractivity contribution < 1.29 is 17.6 Å². The number of benzene rings is 1. The fourth-order valence-corrected chi connectivity index (χ4v) is 3.55. The molecule has 124 valence electrons. The normalized spacial score (nSPS) is 18.4. The molecule has 0 aromatic heterocycles. The smallest absolute Gasteiger partial charge is 0.253 e. The number of alkyl halides is 1. The van der Waals surface area contributed by atoms with Gasteiger partial charge in [0.25, 0.3) is 5.91 Å². The molecule has 0 saturated carbocycles. The van der Waals surface area contributed by atoms with Gasteiger partial charge in [-0.05, 0) is 31.0 Å². The van der Waals surface area contributed by atoms with Gasteiger partial charge in [-0.2, -0.15) is 5.26 Å². The number of sulfonamides is 1. The lowest BCUT2D eigenvalue weighted by molar-refractivity contribution is 0.0698. The third-order valence-electron chi connectivity index (χ3n) is 3.67. The van der Waals surface area contributed by atoms with Crippen molar-refractivity contribution >= 4 is 15.9 Å². The number of hydrogen-bond acceptors (Lipinski definition) is 4. The highest BCUT2D eigenvalue weighted by molar-refractivity contribution is 7.89. The third kappa shape index (κ3) is 4.27. The Hall–Kier alpha value is -1.98. The molecule has 1 fully saturated rings. The van der Waals surface area contributed by atoms with E-state index in [4.69, 9.17) is 5.26 Å². The van der Waals surface area contributed by atoms with E-state index in [0.717, 1.165) is 12.8 Å². The molecule has 2 rings (SSSR count). The predicted molar refractivity (Wildman–Crippen MR) is 81.8 cm³/mol. The van der Waals surface area contributed by atoms with Crippen LogP contribution >= 0.6 is 0 Å². The highest BCUT2D eigenvalue weighted by Crippen LogP contribution is 2.19. The Labute approximate surface area is 135 Å². The summed E-state index contributed by atoms with van der Waals surface area (Å²) < 4.78 is 38.3. The molecule has 1 heterocycles. The fraction of sp³-hybridized carbons (Fsp3) is 0.467. The van der Waals surface area contributed by atoms with Crippen LogP contribution in [0.25, 0.3) is 0 Å². The predicted octanol–water partition coefficient (Wildman–Crippen LogP) is 1.31. The van der Waals surface area contributed by atoms with Gasteiger partial charge in [-0.1, -0.05) is 6.07 Å². The van der Waals surface area contributed by atoms with Crippen molar-refractivity contribution in [2.75, 3.05) is 26.3 Å². The largest absolute Gasteiger partial charge is 0.337 e. The maximum absolute atomic E-state index is 12.5. The monoisotopic (exact) mass is 339 g/mol. The van der Waals surface area contributed by atoms with Crippen molar-refractivity contribution in [3.8, 4) is 6.07 Å². The number of carbonyl (C=O) groups excluding carboxylic acids is 1. The molecule has 8 heteroatoms. The van der Waals surface area contributed by atoms with Crippen molar-refractivity contribution in [2.45, 2.75) is 17.7 Å². The van der Waals surface area contributed by atoms with Gasteiger partial charge in [0.2, 0.25) is 10.0 Å². The van der Waals surface area contributed by atoms with Gasteiger partial charge in [0, 0.05) is 25.2 Å². The SMILES string of the molecule is N#CC1CCCN(C(=O)c2cccc(S(=O)(=O)NCCF)c2)C1. The molecule has 0 aliphatic carbocycles. The summed E-state index contributed by atoms with van der Waals surface area (Å²) in [7, 11) is -3.84. The molecule has 1 saturated heterocycles. The summed E-state index contributed by atoms with van der Waals surface area (Å²) in [6.45, 7) is -0.210. The summed E-state index contributed by atoms with van der Waals surface area (Å²) in [4.78, 5) is 14.0. The third-order valence-corrected chi connectivity index (χ3v) is 5.13. The van der Waals surface area contributed by atoms with Crippen LogP contribution in [0.1, 0.15) is 23.2 Å². The van der Waals surface area contributed by atoms with Crippen molar-refractivity contribution in [2.24, 2.45) is 5.92 Å². The highest BCUT2D eigenvalue weighted by atomic mass is 32.2. The molecule has 1 amide bonds. The molecular formula is C15H18FN3O3S. The average Bonchev–Trinajstić information content (AvgIpc) is 2.59. The van der Waals surface area contributed by atoms with Gasteiger partial charge >= 0.3 is 0 Å². The number of hydrogen-bond donors (Lipinski definition) is 1. The second kappa shape index (κ2) is 7.53. The van der Waals surface area contributed by atoms with Crippen LogP contribution in [-0.2, 0) is 10.0 Å². The van der Waals surface area contributed by atoms with Crippen molar-refractivity contribution in [1.29, 1.82) is 5.26 Å². The summed E-state index contributed by atoms with van der Waals surface area (Å²) >= 11 is 0. The number of carbonyl (C=O) groups is 1. The Morgan fingerprint density at radius 1 is 1.48 bits per heavy atom. The quantitative estimate of drug-likeness (QED) is 0.876. The first-order valence-electron chi connectivity index (χ1n) is 7.32. The molecule has 1 aliphatic rings. The van der Waals surface area contributed by atoms with Crippen molar-refractivity contribution in [3.63, 3.8) is 0 Å². The van der Waals surface area contributed by atoms with E-state index < -0.39 is 16.7 Å². The van der Waals surface area contributed by atoms with E-state index in [2.05, 4.69) is 10.8 Å². The summed E-state index contributed by atoms with van der Waals surface area (Å²) in [5.41, 5.74) is 0.242. The van der Waals surface area contributed by atoms with Gasteiger partial charge in [-0.25, -0.2) is 17.5 Å². The van der Waals surface area contributed by atoms with E-state index >= 15 is 0 Å². The van der Waals surface area contributed by atoms with Gasteiger partial charge in [0.1, 0.15) is 6.67 Å². The van der Waals surface area contributed by atoms with Crippen molar-refractivity contribution in [1.82, 2.24) is 9.62 Å². The summed E-state index contributed by atoms with van der Waals surface area (Å²) in [5, 5.41) is 8.99. The van der Waals surface area contributed by atoms with E-state index in [-0.39, 0.29) is 28.8 Å². The van der Waals surface area contributed by atoms with Crippen LogP contribution in [0.4, 0.5) is 4.39 Å². The number of rotatable bonds is 5. The van der Waals surface area contributed by atoms with Gasteiger partial charge in [0.15, 0.2) is 0 Å². The first kappa shape index (κ1) is 17.4. The van der Waals surface area contributed by atoms with E-state index in [9.17, 15) is 17.6 Å². The molecule has 1 atom stereocenters. The summed E-state index contributed by atoms with van der Waals surface area (Å²) in [6, 6.07) is 7.80. The van der Waals surface area contributed by atoms with Crippen LogP contribution in [0, 0.1) is 17.2 Å². The van der Waals surface area contributed by atoms with Crippen LogP contribution in [0.3, 0.4) is 0 Å². The first-order valence-corrected chi connectivity index (χ1v) is 8.81. The number of piperidine rings is 1. The van der Waals surface area contributed by atoms with Gasteiger partial charge < -0.3 is 4.90 Å². The zero-order valence-electron chi connectivity index (χ0n) is 12.5. The standard InChI is InChI=1S/C15H18FN3O3S/c16-6-7-18-23(21,22)14-5-1-4-13(9-14)15(20)19-8-2-3-12(10-17)11-19/h1,4-5,9,12,18H,2-3,6-8,11H2. The van der Waals surface area contributed by atoms with Crippen LogP contribution < -0.4 is 4.72 Å². The maximum atomic E-state index is 12.5. The Morgan fingerprint density at radius 3 is 2.96 bits per heavy atom. The minimum Gasteiger partial charge on any atom is -0.337 e. The van der Waals surface area contributed by atoms with E-state index in [1.54, 1.807) is 4.90 Å². The molecule has 23 heavy (non-hydrogen) atoms. The molecule has 0 bridgehead atoms. The van der Waals surface area contributed by atoms with Crippen LogP contribution in [-0.4, -0.2) is 45.5 Å². The number of likely N-dealkylation sites (tertiary alicyclic amines) is 1. The highest BCUT2D eigenvalue weighted by Gasteiger charge is 2.25. The fourth-order valence-electron chi connectivity index (χ4n) is 2.50. The first-order chi connectivity index (χ1) is 11.0. The second-order valence-electron chi connectivity index (χ2n) is 5.33. The lowest BCUT2D eigenvalue weighted by Crippen LogP contribution is -2.39. The van der Waals surface area contributed by atoms with Gasteiger partial charge in [-0.15, -0.1) is 0 Å². The summed E-state index contributed by atoms with van der Waals surface area (Å²) in [5.74, 6) is -0.488. The molecule has 0 spiro atoms. The molecule has 1 unspecified atom stereocenters. The second-order valence-corrected chi connectivity index (χ2v) is 7.10. The zero-order valence-corrected chi connectivity index (χ0v) is 13.4. The van der Waals surface area contributed by atoms with E-state index in [0.29, 0.717) is 13.1 Å². The van der Waals surface area contributed by atoms with Gasteiger partial charge in [0.05, 0.1) is 16.9 Å². The van der Waals surface area contributed by atoms with E-state index in [1.807, 2.05) is 0 Å². The number of halogens is 1. The Morgan fingerprint density at radius 2 is 2.26 bits per heavy atom. The number of amides is 1. The van der Waals surface area contributed by atoms with Gasteiger partial charge in [-0.3, -0.25) is 4.79 Å². The Bertz CT molecular complexity index is 715. The maximum Gasteiger partial charge on any atom is 0.253 e. The summed E-state index contributed by atoms with van der Waals surface area (Å²) in [6.07, 6.45) is 1.52. The average molecular weight is 339 g/mol. The van der Waals surface area contributed by atoms with Crippen LogP contribution in [0.5, 0.6) is 0 Å². The molecule has 6 nitrogen and oxygen atoms in total. The molecular weight excluding hydrogens is 321 g/mol. The lowest BCUT2D eigenvalue weighted by Gasteiger charge is -2.29. The number of nitrogens with zero attached hydrogens (tertiary/aromatic N) is 2. The minimum atomic E-state index is -3.84. The number of nitrogens with one attached hydrogen (secondary N) is 1. The van der Waals surface area contributed by atoms with Crippen LogP contribution in [0.2, 0.25) is 0 Å². The molecule has 1 aromatic rings. The van der Waals surface area contributed by atoms with Crippen molar-refractivity contribution in [3.05, 3.63) is 29.8 Å². The van der Waals surface area contributed by atoms with E-state index in [1.165, 1.54) is 24.3 Å². The molecule has 0 radical (unpaired) electrons. The Balaban J connectivity index is 2.19. The lowest BCUT2D eigenvalue weighted by atomic mass is 9.99. The topological polar surface area (TPSA) is 90.3 Å². The molecule has 1 N–H and O–H groups in total.